The lowest BCUT2D eigenvalue weighted by Crippen LogP contribution is -2.36. The fourth-order valence-corrected chi connectivity index (χ4v) is 5.09. The summed E-state index contributed by atoms with van der Waals surface area (Å²) in [6.45, 7) is 5.06. The third kappa shape index (κ3) is 4.63. The van der Waals surface area contributed by atoms with Crippen LogP contribution in [0.4, 0.5) is 5.69 Å². The minimum atomic E-state index is -3.95. The molecule has 0 atom stereocenters. The standard InChI is InChI=1S/C22H25ClN2O4S/c1-3-13-25(17-7-9-18(29-2)10-8-17)30(27,28)19-11-12-21(23)20(16-19)22(26)24-14-5-4-6-15-24/h3,7-12,16H,1,4-6,13-15H2,2H3. The molecular weight excluding hydrogens is 424 g/mol. The Morgan fingerprint density at radius 1 is 1.17 bits per heavy atom. The van der Waals surface area contributed by atoms with E-state index in [1.165, 1.54) is 28.6 Å². The van der Waals surface area contributed by atoms with Crippen LogP contribution in [-0.4, -0.2) is 46.0 Å². The third-order valence-electron chi connectivity index (χ3n) is 5.05. The fraction of sp³-hybridized carbons (Fsp3) is 0.318. The van der Waals surface area contributed by atoms with E-state index in [-0.39, 0.29) is 27.9 Å². The van der Waals surface area contributed by atoms with Crippen LogP contribution in [0.5, 0.6) is 5.75 Å². The monoisotopic (exact) mass is 448 g/mol. The molecule has 160 valence electrons. The van der Waals surface area contributed by atoms with E-state index >= 15 is 0 Å². The first-order chi connectivity index (χ1) is 14.4. The van der Waals surface area contributed by atoms with Crippen LogP contribution in [0, 0.1) is 0 Å². The summed E-state index contributed by atoms with van der Waals surface area (Å²) in [6.07, 6.45) is 4.47. The Hall–Kier alpha value is -2.51. The minimum Gasteiger partial charge on any atom is -0.497 e. The molecule has 2 aromatic rings. The van der Waals surface area contributed by atoms with Gasteiger partial charge in [0.05, 0.1) is 34.8 Å². The number of hydrogen-bond acceptors (Lipinski definition) is 4. The van der Waals surface area contributed by atoms with E-state index < -0.39 is 10.0 Å². The van der Waals surface area contributed by atoms with Crippen molar-refractivity contribution in [3.8, 4) is 5.75 Å². The number of sulfonamides is 1. The Kier molecular flexibility index (Phi) is 7.05. The Morgan fingerprint density at radius 3 is 2.43 bits per heavy atom. The molecule has 1 aliphatic heterocycles. The van der Waals surface area contributed by atoms with Crippen molar-refractivity contribution in [3.05, 3.63) is 65.7 Å². The molecule has 0 unspecified atom stereocenters. The van der Waals surface area contributed by atoms with E-state index in [9.17, 15) is 13.2 Å². The summed E-state index contributed by atoms with van der Waals surface area (Å²) in [7, 11) is -2.40. The molecule has 0 N–H and O–H groups in total. The van der Waals surface area contributed by atoms with Crippen molar-refractivity contribution in [1.82, 2.24) is 4.90 Å². The number of ether oxygens (including phenoxy) is 1. The molecule has 0 spiro atoms. The smallest absolute Gasteiger partial charge is 0.264 e. The molecule has 3 rings (SSSR count). The highest BCUT2D eigenvalue weighted by atomic mass is 35.5. The van der Waals surface area contributed by atoms with Gasteiger partial charge in [-0.05, 0) is 61.7 Å². The zero-order valence-corrected chi connectivity index (χ0v) is 18.5. The second-order valence-corrected chi connectivity index (χ2v) is 9.29. The maximum Gasteiger partial charge on any atom is 0.264 e. The second-order valence-electron chi connectivity index (χ2n) is 7.02. The number of likely N-dealkylation sites (tertiary alicyclic amines) is 1. The summed E-state index contributed by atoms with van der Waals surface area (Å²) in [6, 6.07) is 11.0. The number of hydrogen-bond donors (Lipinski definition) is 0. The molecule has 8 heteroatoms. The van der Waals surface area contributed by atoms with Crippen molar-refractivity contribution in [1.29, 1.82) is 0 Å². The van der Waals surface area contributed by atoms with Crippen LogP contribution in [0.25, 0.3) is 0 Å². The number of rotatable bonds is 7. The predicted molar refractivity (Wildman–Crippen MR) is 119 cm³/mol. The van der Waals surface area contributed by atoms with E-state index in [1.54, 1.807) is 36.3 Å². The van der Waals surface area contributed by atoms with Gasteiger partial charge in [0, 0.05) is 13.1 Å². The van der Waals surface area contributed by atoms with Crippen LogP contribution in [0.3, 0.4) is 0 Å². The summed E-state index contributed by atoms with van der Waals surface area (Å²) in [5.41, 5.74) is 0.669. The molecule has 0 bridgehead atoms. The zero-order chi connectivity index (χ0) is 21.7. The van der Waals surface area contributed by atoms with Crippen LogP contribution in [-0.2, 0) is 10.0 Å². The molecule has 2 aromatic carbocycles. The lowest BCUT2D eigenvalue weighted by molar-refractivity contribution is 0.0724. The number of carbonyl (C=O) groups is 1. The van der Waals surface area contributed by atoms with Crippen LogP contribution < -0.4 is 9.04 Å². The van der Waals surface area contributed by atoms with E-state index in [0.717, 1.165) is 19.3 Å². The van der Waals surface area contributed by atoms with Gasteiger partial charge in [0.25, 0.3) is 15.9 Å². The molecule has 0 saturated carbocycles. The summed E-state index contributed by atoms with van der Waals surface area (Å²) < 4.78 is 33.2. The maximum absolute atomic E-state index is 13.4. The molecule has 1 amide bonds. The second kappa shape index (κ2) is 9.53. The Labute approximate surface area is 182 Å². The average Bonchev–Trinajstić information content (AvgIpc) is 2.77. The molecule has 30 heavy (non-hydrogen) atoms. The van der Waals surface area contributed by atoms with Crippen molar-refractivity contribution in [3.63, 3.8) is 0 Å². The van der Waals surface area contributed by atoms with Crippen LogP contribution in [0.15, 0.2) is 60.0 Å². The number of methoxy groups -OCH3 is 1. The van der Waals surface area contributed by atoms with Gasteiger partial charge in [0.15, 0.2) is 0 Å². The molecule has 0 radical (unpaired) electrons. The lowest BCUT2D eigenvalue weighted by Gasteiger charge is -2.27. The number of anilines is 1. The summed E-state index contributed by atoms with van der Waals surface area (Å²) in [4.78, 5) is 14.7. The van der Waals surface area contributed by atoms with Crippen molar-refractivity contribution >= 4 is 33.2 Å². The lowest BCUT2D eigenvalue weighted by atomic mass is 10.1. The number of amides is 1. The van der Waals surface area contributed by atoms with Crippen LogP contribution in [0.1, 0.15) is 29.6 Å². The number of carbonyl (C=O) groups excluding carboxylic acids is 1. The molecule has 6 nitrogen and oxygen atoms in total. The quantitative estimate of drug-likeness (QED) is 0.590. The van der Waals surface area contributed by atoms with Gasteiger partial charge in [-0.25, -0.2) is 8.42 Å². The van der Waals surface area contributed by atoms with Crippen molar-refractivity contribution < 1.29 is 17.9 Å². The zero-order valence-electron chi connectivity index (χ0n) is 16.9. The summed E-state index contributed by atoms with van der Waals surface area (Å²) >= 11 is 6.27. The molecule has 0 aromatic heterocycles. The highest BCUT2D eigenvalue weighted by Crippen LogP contribution is 2.29. The highest BCUT2D eigenvalue weighted by molar-refractivity contribution is 7.92. The Bertz CT molecular complexity index is 1020. The number of piperidine rings is 1. The van der Waals surface area contributed by atoms with Gasteiger partial charge in [0.1, 0.15) is 5.75 Å². The van der Waals surface area contributed by atoms with Gasteiger partial charge in [0.2, 0.25) is 0 Å². The first kappa shape index (κ1) is 22.2. The molecule has 1 saturated heterocycles. The first-order valence-corrected chi connectivity index (χ1v) is 11.6. The maximum atomic E-state index is 13.4. The van der Waals surface area contributed by atoms with E-state index in [0.29, 0.717) is 24.5 Å². The van der Waals surface area contributed by atoms with E-state index in [1.807, 2.05) is 0 Å². The van der Waals surface area contributed by atoms with Gasteiger partial charge in [-0.2, -0.15) is 0 Å². The van der Waals surface area contributed by atoms with Crippen molar-refractivity contribution in [2.45, 2.75) is 24.2 Å². The van der Waals surface area contributed by atoms with Gasteiger partial charge in [-0.1, -0.05) is 17.7 Å². The van der Waals surface area contributed by atoms with E-state index in [4.69, 9.17) is 16.3 Å². The first-order valence-electron chi connectivity index (χ1n) is 9.75. The van der Waals surface area contributed by atoms with Crippen LogP contribution in [0.2, 0.25) is 5.02 Å². The minimum absolute atomic E-state index is 0.00456. The molecule has 1 heterocycles. The Morgan fingerprint density at radius 2 is 1.83 bits per heavy atom. The number of benzene rings is 2. The Balaban J connectivity index is 1.98. The normalized spacial score (nSPS) is 14.3. The average molecular weight is 449 g/mol. The molecular formula is C22H25ClN2O4S. The van der Waals surface area contributed by atoms with Gasteiger partial charge >= 0.3 is 0 Å². The fourth-order valence-electron chi connectivity index (χ4n) is 3.43. The predicted octanol–water partition coefficient (Wildman–Crippen LogP) is 4.36. The van der Waals surface area contributed by atoms with Crippen molar-refractivity contribution in [2.24, 2.45) is 0 Å². The summed E-state index contributed by atoms with van der Waals surface area (Å²) in [5, 5.41) is 0.240. The summed E-state index contributed by atoms with van der Waals surface area (Å²) in [5.74, 6) is 0.382. The highest BCUT2D eigenvalue weighted by Gasteiger charge is 2.27. The number of halogens is 1. The van der Waals surface area contributed by atoms with Gasteiger partial charge in [-0.3, -0.25) is 9.10 Å². The largest absolute Gasteiger partial charge is 0.497 e. The van der Waals surface area contributed by atoms with Crippen molar-refractivity contribution in [2.75, 3.05) is 31.0 Å². The SMILES string of the molecule is C=CCN(c1ccc(OC)cc1)S(=O)(=O)c1ccc(Cl)c(C(=O)N2CCCCC2)c1. The third-order valence-corrected chi connectivity index (χ3v) is 7.17. The number of nitrogens with zero attached hydrogens (tertiary/aromatic N) is 2. The molecule has 0 aliphatic carbocycles. The van der Waals surface area contributed by atoms with Crippen LogP contribution >= 0.6 is 11.6 Å². The topological polar surface area (TPSA) is 66.9 Å². The van der Waals surface area contributed by atoms with Gasteiger partial charge < -0.3 is 9.64 Å². The van der Waals surface area contributed by atoms with E-state index in [2.05, 4.69) is 6.58 Å². The van der Waals surface area contributed by atoms with Gasteiger partial charge in [-0.15, -0.1) is 6.58 Å². The molecule has 1 aliphatic rings. The molecule has 1 fully saturated rings.